The Kier molecular flexibility index (Phi) is 4.16. The average molecular weight is 262 g/mol. The minimum Gasteiger partial charge on any atom is -0.491 e. The van der Waals surface area contributed by atoms with Crippen molar-refractivity contribution in [1.29, 1.82) is 0 Å². The Balaban J connectivity index is 2.24. The second-order valence-corrected chi connectivity index (χ2v) is 4.58. The summed E-state index contributed by atoms with van der Waals surface area (Å²) >= 11 is 0. The van der Waals surface area contributed by atoms with Crippen LogP contribution in [0.5, 0.6) is 5.75 Å². The second kappa shape index (κ2) is 5.84. The molecule has 0 bridgehead atoms. The lowest BCUT2D eigenvalue weighted by atomic mass is 10.2. The van der Waals surface area contributed by atoms with Gasteiger partial charge < -0.3 is 14.4 Å². The molecule has 0 spiro atoms. The lowest BCUT2D eigenvalue weighted by Crippen LogP contribution is -2.05. The number of aromatic nitrogens is 2. The van der Waals surface area contributed by atoms with Crippen LogP contribution in [0.4, 0.5) is 0 Å². The second-order valence-electron chi connectivity index (χ2n) is 4.58. The SMILES string of the molecule is CCC(O)c1noc(-c2cccc(OC(C)C)c2)n1. The molecule has 0 aliphatic rings. The quantitative estimate of drug-likeness (QED) is 0.897. The lowest BCUT2D eigenvalue weighted by molar-refractivity contribution is 0.159. The predicted molar refractivity (Wildman–Crippen MR) is 70.7 cm³/mol. The summed E-state index contributed by atoms with van der Waals surface area (Å²) in [5.74, 6) is 1.45. The van der Waals surface area contributed by atoms with Crippen LogP contribution in [-0.4, -0.2) is 21.4 Å². The van der Waals surface area contributed by atoms with Crippen molar-refractivity contribution in [3.8, 4) is 17.2 Å². The first-order valence-corrected chi connectivity index (χ1v) is 6.39. The third-order valence-electron chi connectivity index (χ3n) is 2.58. The molecule has 1 aromatic heterocycles. The molecule has 2 aromatic rings. The van der Waals surface area contributed by atoms with Gasteiger partial charge in [0.05, 0.1) is 6.10 Å². The van der Waals surface area contributed by atoms with Gasteiger partial charge >= 0.3 is 0 Å². The first kappa shape index (κ1) is 13.5. The molecule has 0 aliphatic carbocycles. The van der Waals surface area contributed by atoms with Gasteiger partial charge in [-0.05, 0) is 38.5 Å². The van der Waals surface area contributed by atoms with Crippen LogP contribution in [0.25, 0.3) is 11.5 Å². The molecule has 1 aromatic carbocycles. The number of nitrogens with zero attached hydrogens (tertiary/aromatic N) is 2. The zero-order valence-corrected chi connectivity index (χ0v) is 11.3. The molecule has 0 amide bonds. The summed E-state index contributed by atoms with van der Waals surface area (Å²) in [4.78, 5) is 4.19. The van der Waals surface area contributed by atoms with Crippen molar-refractivity contribution in [3.05, 3.63) is 30.1 Å². The standard InChI is InChI=1S/C14H18N2O3/c1-4-12(17)13-15-14(19-16-13)10-6-5-7-11(8-10)18-9(2)3/h5-9,12,17H,4H2,1-3H3. The molecule has 0 saturated heterocycles. The number of hydrogen-bond donors (Lipinski definition) is 1. The van der Waals surface area contributed by atoms with E-state index < -0.39 is 6.10 Å². The zero-order valence-electron chi connectivity index (χ0n) is 11.3. The van der Waals surface area contributed by atoms with Crippen LogP contribution < -0.4 is 4.74 Å². The zero-order chi connectivity index (χ0) is 13.8. The van der Waals surface area contributed by atoms with Crippen molar-refractivity contribution in [2.75, 3.05) is 0 Å². The highest BCUT2D eigenvalue weighted by molar-refractivity contribution is 5.55. The molecule has 0 fully saturated rings. The fourth-order valence-corrected chi connectivity index (χ4v) is 1.64. The average Bonchev–Trinajstić information content (AvgIpc) is 2.87. The van der Waals surface area contributed by atoms with E-state index in [9.17, 15) is 5.11 Å². The van der Waals surface area contributed by atoms with E-state index >= 15 is 0 Å². The first-order chi connectivity index (χ1) is 9.10. The maximum Gasteiger partial charge on any atom is 0.258 e. The van der Waals surface area contributed by atoms with E-state index in [0.717, 1.165) is 11.3 Å². The summed E-state index contributed by atoms with van der Waals surface area (Å²) in [7, 11) is 0. The van der Waals surface area contributed by atoms with Gasteiger partial charge in [-0.2, -0.15) is 4.98 Å². The van der Waals surface area contributed by atoms with Gasteiger partial charge in [0, 0.05) is 5.56 Å². The van der Waals surface area contributed by atoms with Gasteiger partial charge in [-0.1, -0.05) is 18.1 Å². The maximum absolute atomic E-state index is 9.65. The van der Waals surface area contributed by atoms with E-state index in [2.05, 4.69) is 10.1 Å². The molecule has 1 heterocycles. The molecule has 1 atom stereocenters. The Morgan fingerprint density at radius 3 is 2.84 bits per heavy atom. The van der Waals surface area contributed by atoms with Gasteiger partial charge in [0.1, 0.15) is 11.9 Å². The third kappa shape index (κ3) is 3.32. The van der Waals surface area contributed by atoms with Gasteiger partial charge in [-0.15, -0.1) is 0 Å². The molecule has 5 nitrogen and oxygen atoms in total. The Labute approximate surface area is 112 Å². The Hall–Kier alpha value is -1.88. The largest absolute Gasteiger partial charge is 0.491 e. The summed E-state index contributed by atoms with van der Waals surface area (Å²) in [5, 5.41) is 13.4. The predicted octanol–water partition coefficient (Wildman–Crippen LogP) is 2.97. The number of aliphatic hydroxyl groups is 1. The van der Waals surface area contributed by atoms with Gasteiger partial charge in [0.15, 0.2) is 0 Å². The molecular weight excluding hydrogens is 244 g/mol. The summed E-state index contributed by atoms with van der Waals surface area (Å²) in [6.45, 7) is 5.79. The van der Waals surface area contributed by atoms with Crippen molar-refractivity contribution in [2.24, 2.45) is 0 Å². The van der Waals surface area contributed by atoms with Crippen molar-refractivity contribution in [2.45, 2.75) is 39.4 Å². The molecule has 0 saturated carbocycles. The van der Waals surface area contributed by atoms with E-state index in [1.54, 1.807) is 0 Å². The van der Waals surface area contributed by atoms with Crippen molar-refractivity contribution >= 4 is 0 Å². The summed E-state index contributed by atoms with van der Waals surface area (Å²) in [6, 6.07) is 7.45. The fourth-order valence-electron chi connectivity index (χ4n) is 1.64. The molecule has 0 aliphatic heterocycles. The van der Waals surface area contributed by atoms with Crippen molar-refractivity contribution in [1.82, 2.24) is 10.1 Å². The topological polar surface area (TPSA) is 68.4 Å². The minimum atomic E-state index is -0.687. The monoisotopic (exact) mass is 262 g/mol. The molecule has 0 radical (unpaired) electrons. The summed E-state index contributed by atoms with van der Waals surface area (Å²) < 4.78 is 10.8. The molecule has 102 valence electrons. The number of hydrogen-bond acceptors (Lipinski definition) is 5. The van der Waals surface area contributed by atoms with Gasteiger partial charge in [0.2, 0.25) is 5.82 Å². The molecule has 2 rings (SSSR count). The van der Waals surface area contributed by atoms with Gasteiger partial charge in [0.25, 0.3) is 5.89 Å². The summed E-state index contributed by atoms with van der Waals surface area (Å²) in [5.41, 5.74) is 0.778. The smallest absolute Gasteiger partial charge is 0.258 e. The van der Waals surface area contributed by atoms with Crippen LogP contribution >= 0.6 is 0 Å². The molecule has 19 heavy (non-hydrogen) atoms. The molecule has 5 heteroatoms. The van der Waals surface area contributed by atoms with Crippen LogP contribution in [0.15, 0.2) is 28.8 Å². The molecular formula is C14H18N2O3. The summed E-state index contributed by atoms with van der Waals surface area (Å²) in [6.07, 6.45) is -0.0295. The first-order valence-electron chi connectivity index (χ1n) is 6.39. The number of benzene rings is 1. The van der Waals surface area contributed by atoms with Crippen LogP contribution in [0, 0.1) is 0 Å². The number of rotatable bonds is 5. The highest BCUT2D eigenvalue weighted by Gasteiger charge is 2.15. The Morgan fingerprint density at radius 1 is 1.37 bits per heavy atom. The highest BCUT2D eigenvalue weighted by atomic mass is 16.5. The van der Waals surface area contributed by atoms with E-state index in [1.807, 2.05) is 45.0 Å². The minimum absolute atomic E-state index is 0.107. The fraction of sp³-hybridized carbons (Fsp3) is 0.429. The number of aliphatic hydroxyl groups excluding tert-OH is 1. The van der Waals surface area contributed by atoms with E-state index in [1.165, 1.54) is 0 Å². The van der Waals surface area contributed by atoms with Crippen molar-refractivity contribution in [3.63, 3.8) is 0 Å². The molecule has 1 unspecified atom stereocenters. The Bertz CT molecular complexity index is 537. The van der Waals surface area contributed by atoms with Gasteiger partial charge in [-0.25, -0.2) is 0 Å². The van der Waals surface area contributed by atoms with E-state index in [-0.39, 0.29) is 6.10 Å². The van der Waals surface area contributed by atoms with Crippen LogP contribution in [0.1, 0.15) is 39.1 Å². The lowest BCUT2D eigenvalue weighted by Gasteiger charge is -2.09. The van der Waals surface area contributed by atoms with E-state index in [0.29, 0.717) is 18.1 Å². The van der Waals surface area contributed by atoms with E-state index in [4.69, 9.17) is 9.26 Å². The third-order valence-corrected chi connectivity index (χ3v) is 2.58. The van der Waals surface area contributed by atoms with Crippen LogP contribution in [0.2, 0.25) is 0 Å². The van der Waals surface area contributed by atoms with Crippen molar-refractivity contribution < 1.29 is 14.4 Å². The van der Waals surface area contributed by atoms with Crippen LogP contribution in [0.3, 0.4) is 0 Å². The number of ether oxygens (including phenoxy) is 1. The highest BCUT2D eigenvalue weighted by Crippen LogP contribution is 2.24. The maximum atomic E-state index is 9.65. The Morgan fingerprint density at radius 2 is 2.16 bits per heavy atom. The van der Waals surface area contributed by atoms with Gasteiger partial charge in [-0.3, -0.25) is 0 Å². The normalized spacial score (nSPS) is 12.7. The molecule has 1 N–H and O–H groups in total. The van der Waals surface area contributed by atoms with Crippen LogP contribution in [-0.2, 0) is 0 Å².